The first-order valence-corrected chi connectivity index (χ1v) is 4.41. The molecule has 2 aromatic rings. The van der Waals surface area contributed by atoms with E-state index in [2.05, 4.69) is 10.1 Å². The van der Waals surface area contributed by atoms with Crippen LogP contribution in [0.15, 0.2) is 22.7 Å². The number of nitrogens with zero attached hydrogens (tertiary/aromatic N) is 2. The number of rotatable bonds is 2. The third-order valence-electron chi connectivity index (χ3n) is 1.97. The third kappa shape index (κ3) is 1.77. The summed E-state index contributed by atoms with van der Waals surface area (Å²) in [6.07, 6.45) is 0. The van der Waals surface area contributed by atoms with Crippen molar-refractivity contribution in [2.45, 2.75) is 6.92 Å². The summed E-state index contributed by atoms with van der Waals surface area (Å²) in [5, 5.41) is 12.4. The van der Waals surface area contributed by atoms with Crippen molar-refractivity contribution in [3.8, 4) is 11.5 Å². The van der Waals surface area contributed by atoms with Gasteiger partial charge < -0.3 is 9.63 Å². The predicted molar refractivity (Wildman–Crippen MR) is 51.4 cm³/mol. The molecule has 1 N–H and O–H groups in total. The van der Waals surface area contributed by atoms with E-state index in [0.29, 0.717) is 5.82 Å². The Hall–Kier alpha value is -2.24. The number of carbonyl (C=O) groups is 1. The van der Waals surface area contributed by atoms with Gasteiger partial charge in [0.15, 0.2) is 5.82 Å². The highest BCUT2D eigenvalue weighted by Crippen LogP contribution is 2.22. The molecule has 0 amide bonds. The van der Waals surface area contributed by atoms with Crippen LogP contribution in [-0.2, 0) is 0 Å². The maximum Gasteiger partial charge on any atom is 0.336 e. The standard InChI is InChI=1S/C10H7FN2O3/c1-5-12-9(16-13-5)7-3-2-6(11)4-8(7)10(14)15/h2-4H,1H3,(H,14,15). The molecule has 1 aromatic heterocycles. The molecule has 0 radical (unpaired) electrons. The van der Waals surface area contributed by atoms with E-state index in [1.54, 1.807) is 6.92 Å². The Bertz CT molecular complexity index is 551. The van der Waals surface area contributed by atoms with Crippen LogP contribution in [0.1, 0.15) is 16.2 Å². The zero-order valence-corrected chi connectivity index (χ0v) is 8.27. The van der Waals surface area contributed by atoms with E-state index in [4.69, 9.17) is 9.63 Å². The van der Waals surface area contributed by atoms with Crippen LogP contribution in [0, 0.1) is 12.7 Å². The van der Waals surface area contributed by atoms with Crippen molar-refractivity contribution in [2.24, 2.45) is 0 Å². The molecule has 0 atom stereocenters. The number of aryl methyl sites for hydroxylation is 1. The van der Waals surface area contributed by atoms with Crippen LogP contribution >= 0.6 is 0 Å². The highest BCUT2D eigenvalue weighted by molar-refractivity contribution is 5.94. The van der Waals surface area contributed by atoms with Crippen molar-refractivity contribution in [3.05, 3.63) is 35.4 Å². The van der Waals surface area contributed by atoms with Gasteiger partial charge in [-0.1, -0.05) is 5.16 Å². The first-order valence-electron chi connectivity index (χ1n) is 4.41. The smallest absolute Gasteiger partial charge is 0.336 e. The molecule has 0 aliphatic rings. The lowest BCUT2D eigenvalue weighted by Crippen LogP contribution is -2.00. The van der Waals surface area contributed by atoms with Crippen molar-refractivity contribution in [3.63, 3.8) is 0 Å². The van der Waals surface area contributed by atoms with Crippen molar-refractivity contribution in [2.75, 3.05) is 0 Å². The molecule has 0 fully saturated rings. The maximum absolute atomic E-state index is 12.9. The van der Waals surface area contributed by atoms with Gasteiger partial charge in [-0.25, -0.2) is 9.18 Å². The van der Waals surface area contributed by atoms with Crippen LogP contribution in [0.25, 0.3) is 11.5 Å². The number of hydrogen-bond donors (Lipinski definition) is 1. The molecule has 1 heterocycles. The molecule has 82 valence electrons. The highest BCUT2D eigenvalue weighted by atomic mass is 19.1. The van der Waals surface area contributed by atoms with Gasteiger partial charge in [0.25, 0.3) is 5.89 Å². The van der Waals surface area contributed by atoms with Crippen molar-refractivity contribution in [1.29, 1.82) is 0 Å². The lowest BCUT2D eigenvalue weighted by Gasteiger charge is -2.00. The molecule has 1 aromatic carbocycles. The Labute approximate surface area is 89.5 Å². The van der Waals surface area contributed by atoms with E-state index >= 15 is 0 Å². The van der Waals surface area contributed by atoms with E-state index in [1.165, 1.54) is 6.07 Å². The fraction of sp³-hybridized carbons (Fsp3) is 0.100. The van der Waals surface area contributed by atoms with Gasteiger partial charge in [-0.15, -0.1) is 0 Å². The van der Waals surface area contributed by atoms with Gasteiger partial charge >= 0.3 is 5.97 Å². The van der Waals surface area contributed by atoms with Gasteiger partial charge in [0.2, 0.25) is 0 Å². The van der Waals surface area contributed by atoms with E-state index < -0.39 is 11.8 Å². The SMILES string of the molecule is Cc1noc(-c2ccc(F)cc2C(=O)O)n1. The number of aromatic carboxylic acids is 1. The molecule has 0 saturated heterocycles. The largest absolute Gasteiger partial charge is 0.478 e. The fourth-order valence-corrected chi connectivity index (χ4v) is 1.29. The van der Waals surface area contributed by atoms with E-state index in [1.807, 2.05) is 0 Å². The summed E-state index contributed by atoms with van der Waals surface area (Å²) in [6.45, 7) is 1.61. The number of aromatic nitrogens is 2. The second kappa shape index (κ2) is 3.73. The number of benzene rings is 1. The lowest BCUT2D eigenvalue weighted by molar-refractivity contribution is 0.0697. The number of halogens is 1. The van der Waals surface area contributed by atoms with Crippen LogP contribution < -0.4 is 0 Å². The van der Waals surface area contributed by atoms with Crippen LogP contribution in [0.3, 0.4) is 0 Å². The molecule has 0 bridgehead atoms. The minimum absolute atomic E-state index is 0.0647. The second-order valence-electron chi connectivity index (χ2n) is 3.14. The topological polar surface area (TPSA) is 76.2 Å². The zero-order chi connectivity index (χ0) is 11.7. The zero-order valence-electron chi connectivity index (χ0n) is 8.27. The minimum Gasteiger partial charge on any atom is -0.478 e. The summed E-state index contributed by atoms with van der Waals surface area (Å²) >= 11 is 0. The Kier molecular flexibility index (Phi) is 2.40. The molecule has 0 aliphatic heterocycles. The average Bonchev–Trinajstić information content (AvgIpc) is 2.64. The molecule has 2 rings (SSSR count). The first kappa shape index (κ1) is 10.3. The van der Waals surface area contributed by atoms with Gasteiger partial charge in [0.05, 0.1) is 11.1 Å². The van der Waals surface area contributed by atoms with Gasteiger partial charge in [-0.05, 0) is 25.1 Å². The minimum atomic E-state index is -1.25. The van der Waals surface area contributed by atoms with Crippen LogP contribution in [0.4, 0.5) is 4.39 Å². The Morgan fingerprint density at radius 3 is 2.81 bits per heavy atom. The summed E-state index contributed by atoms with van der Waals surface area (Å²) in [4.78, 5) is 14.8. The first-order chi connectivity index (χ1) is 7.58. The Morgan fingerprint density at radius 1 is 1.50 bits per heavy atom. The molecule has 6 heteroatoms. The summed E-state index contributed by atoms with van der Waals surface area (Å²) in [7, 11) is 0. The van der Waals surface area contributed by atoms with E-state index in [9.17, 15) is 9.18 Å². The van der Waals surface area contributed by atoms with Gasteiger partial charge in [0.1, 0.15) is 5.82 Å². The molecular formula is C10H7FN2O3. The quantitative estimate of drug-likeness (QED) is 0.839. The van der Waals surface area contributed by atoms with Crippen LogP contribution in [0.5, 0.6) is 0 Å². The van der Waals surface area contributed by atoms with Crippen LogP contribution in [-0.4, -0.2) is 21.2 Å². The van der Waals surface area contributed by atoms with Crippen LogP contribution in [0.2, 0.25) is 0 Å². The average molecular weight is 222 g/mol. The second-order valence-corrected chi connectivity index (χ2v) is 3.14. The van der Waals surface area contributed by atoms with E-state index in [-0.39, 0.29) is 17.0 Å². The summed E-state index contributed by atoms with van der Waals surface area (Å²) in [5.74, 6) is -1.42. The number of hydrogen-bond acceptors (Lipinski definition) is 4. The highest BCUT2D eigenvalue weighted by Gasteiger charge is 2.17. The van der Waals surface area contributed by atoms with Gasteiger partial charge in [-0.2, -0.15) is 4.98 Å². The lowest BCUT2D eigenvalue weighted by atomic mass is 10.1. The monoisotopic (exact) mass is 222 g/mol. The molecule has 0 aliphatic carbocycles. The predicted octanol–water partition coefficient (Wildman–Crippen LogP) is 1.88. The molecule has 16 heavy (non-hydrogen) atoms. The number of carboxylic acids is 1. The van der Waals surface area contributed by atoms with Crippen molar-refractivity contribution >= 4 is 5.97 Å². The summed E-state index contributed by atoms with van der Waals surface area (Å²) in [6, 6.07) is 3.35. The normalized spacial score (nSPS) is 10.4. The van der Waals surface area contributed by atoms with Gasteiger partial charge in [-0.3, -0.25) is 0 Å². The summed E-state index contributed by atoms with van der Waals surface area (Å²) in [5.41, 5.74) is -0.00171. The molecule has 0 saturated carbocycles. The van der Waals surface area contributed by atoms with Crippen molar-refractivity contribution < 1.29 is 18.8 Å². The van der Waals surface area contributed by atoms with Crippen molar-refractivity contribution in [1.82, 2.24) is 10.1 Å². The third-order valence-corrected chi connectivity index (χ3v) is 1.97. The molecule has 0 unspecified atom stereocenters. The Morgan fingerprint density at radius 2 is 2.25 bits per heavy atom. The number of carboxylic acid groups (broad SMARTS) is 1. The van der Waals surface area contributed by atoms with Gasteiger partial charge in [0, 0.05) is 0 Å². The molecular weight excluding hydrogens is 215 g/mol. The molecule has 0 spiro atoms. The fourth-order valence-electron chi connectivity index (χ4n) is 1.29. The maximum atomic E-state index is 12.9. The summed E-state index contributed by atoms with van der Waals surface area (Å²) < 4.78 is 17.7. The van der Waals surface area contributed by atoms with E-state index in [0.717, 1.165) is 12.1 Å². The molecule has 5 nitrogen and oxygen atoms in total. The Balaban J connectivity index is 2.60.